The molecule has 0 heterocycles. The van der Waals surface area contributed by atoms with E-state index in [0.717, 1.165) is 0 Å². The fraction of sp³-hybridized carbons (Fsp3) is 0.500. The summed E-state index contributed by atoms with van der Waals surface area (Å²) in [4.78, 5) is 57.8. The van der Waals surface area contributed by atoms with Crippen molar-refractivity contribution in [2.75, 3.05) is 0 Å². The Bertz CT molecular complexity index is 498. The van der Waals surface area contributed by atoms with Crippen LogP contribution in [0.5, 0.6) is 0 Å². The second-order valence-electron chi connectivity index (χ2n) is 4.58. The van der Waals surface area contributed by atoms with Gasteiger partial charge in [0, 0.05) is 0 Å². The smallest absolute Gasteiger partial charge is 0.547 e. The number of hydrogen-bond donors (Lipinski definition) is 6. The van der Waals surface area contributed by atoms with Crippen molar-refractivity contribution in [3.63, 3.8) is 0 Å². The Morgan fingerprint density at radius 2 is 0.406 bits per heavy atom. The topological polar surface area (TPSA) is 362 Å². The van der Waals surface area contributed by atoms with E-state index in [1.807, 2.05) is 0 Å². The summed E-state index contributed by atoms with van der Waals surface area (Å²) in [5.74, 6) is -12.4. The Morgan fingerprint density at radius 1 is 0.344 bits per heavy atom. The Labute approximate surface area is 241 Å². The van der Waals surface area contributed by atoms with Gasteiger partial charge in [-0.3, -0.25) is 0 Å². The Kier molecular flexibility index (Phi) is 27.1. The normalized spacial score (nSPS) is 14.8. The zero-order valence-electron chi connectivity index (χ0n) is 15.0. The van der Waals surface area contributed by atoms with Crippen molar-refractivity contribution in [2.24, 2.45) is 0 Å². The van der Waals surface area contributed by atoms with E-state index < -0.39 is 72.4 Å². The van der Waals surface area contributed by atoms with Crippen LogP contribution in [0.2, 0.25) is 0 Å². The third-order valence-corrected chi connectivity index (χ3v) is 2.35. The minimum atomic E-state index is -2.44. The number of hydrogen-bond acceptors (Lipinski definition) is 18. The van der Waals surface area contributed by atoms with E-state index in [0.29, 0.717) is 0 Å². The molecule has 2 radical (unpaired) electrons. The monoisotopic (exact) mass is 728 g/mol. The van der Waals surface area contributed by atoms with Crippen molar-refractivity contribution in [1.82, 2.24) is 0 Å². The summed E-state index contributed by atoms with van der Waals surface area (Å²) in [6.07, 6.45) is -14.6. The molecule has 0 amide bonds. The first-order chi connectivity index (χ1) is 13.4. The zero-order valence-corrected chi connectivity index (χ0v) is 21.5. The molecule has 0 saturated carbocycles. The first-order valence-electron chi connectivity index (χ1n) is 6.73. The third kappa shape index (κ3) is 18.8. The van der Waals surface area contributed by atoms with Gasteiger partial charge in [0.15, 0.2) is 0 Å². The van der Waals surface area contributed by atoms with Crippen LogP contribution in [0.15, 0.2) is 0 Å². The number of aliphatic carboxylic acids is 6. The molecular weight excluding hydrogens is 721 g/mol. The van der Waals surface area contributed by atoms with Gasteiger partial charge in [-0.15, -0.1) is 0 Å². The van der Waals surface area contributed by atoms with E-state index in [2.05, 4.69) is 0 Å². The van der Waals surface area contributed by atoms with Gasteiger partial charge >= 0.3 is 81.7 Å². The van der Waals surface area contributed by atoms with E-state index in [4.69, 9.17) is 30.6 Å². The molecule has 0 aromatic heterocycles. The average molecular weight is 733 g/mol. The molecule has 0 aromatic rings. The maximum absolute atomic E-state index is 9.63. The summed E-state index contributed by atoms with van der Waals surface area (Å²) < 4.78 is 0. The molecule has 0 aliphatic heterocycles. The van der Waals surface area contributed by atoms with Crippen molar-refractivity contribution in [3.8, 4) is 0 Å². The molecule has 20 heteroatoms. The molecule has 0 aliphatic carbocycles. The molecule has 176 valence electrons. The number of aliphatic hydroxyl groups is 6. The summed E-state index contributed by atoms with van der Waals surface area (Å²) in [6, 6.07) is 0. The van der Waals surface area contributed by atoms with E-state index in [9.17, 15) is 59.4 Å². The first kappa shape index (κ1) is 41.5. The molecular formula is C12H12Nd2O18. The van der Waals surface area contributed by atoms with Crippen molar-refractivity contribution in [1.29, 1.82) is 0 Å². The molecule has 32 heavy (non-hydrogen) atoms. The second-order valence-corrected chi connectivity index (χ2v) is 4.58. The van der Waals surface area contributed by atoms with Crippen LogP contribution >= 0.6 is 0 Å². The molecule has 18 nitrogen and oxygen atoms in total. The summed E-state index contributed by atoms with van der Waals surface area (Å²) in [5.41, 5.74) is 0. The van der Waals surface area contributed by atoms with Crippen molar-refractivity contribution in [3.05, 3.63) is 0 Å². The number of carboxylic acid groups (broad SMARTS) is 6. The van der Waals surface area contributed by atoms with Gasteiger partial charge in [0.2, 0.25) is 0 Å². The molecule has 0 spiro atoms. The van der Waals surface area contributed by atoms with E-state index in [-0.39, 0.29) is 81.7 Å². The van der Waals surface area contributed by atoms with Gasteiger partial charge in [-0.25, -0.2) is 0 Å². The van der Waals surface area contributed by atoms with Crippen molar-refractivity contribution in [2.45, 2.75) is 36.6 Å². The minimum absolute atomic E-state index is 0. The molecule has 0 aliphatic rings. The second kappa shape index (κ2) is 20.9. The largest absolute Gasteiger partial charge is 3.00 e. The van der Waals surface area contributed by atoms with E-state index in [1.54, 1.807) is 0 Å². The molecule has 0 rings (SSSR count). The van der Waals surface area contributed by atoms with Gasteiger partial charge < -0.3 is 90.0 Å². The van der Waals surface area contributed by atoms with Crippen LogP contribution in [0.4, 0.5) is 0 Å². The van der Waals surface area contributed by atoms with Crippen LogP contribution in [0.25, 0.3) is 0 Å². The van der Waals surface area contributed by atoms with Gasteiger partial charge in [-0.2, -0.15) is 0 Å². The SMILES string of the molecule is O=C([O-])[C@H](O)[C@@H](O)C(=O)[O-].O=C([O-])[C@H](O)[C@@H](O)C(=O)[O-].O=C([O-])[C@H](O)[C@@H](O)C(=O)[O-].[Nd+3].[Nd+3]. The maximum Gasteiger partial charge on any atom is 3.00 e. The number of carbonyl (C=O) groups excluding carboxylic acids is 6. The first-order valence-corrected chi connectivity index (χ1v) is 6.73. The molecule has 6 atom stereocenters. The predicted molar refractivity (Wildman–Crippen MR) is 66.1 cm³/mol. The predicted octanol–water partition coefficient (Wildman–Crippen LogP) is -14.4. The quantitative estimate of drug-likeness (QED) is 0.128. The number of rotatable bonds is 9. The summed E-state index contributed by atoms with van der Waals surface area (Å²) in [6.45, 7) is 0. The van der Waals surface area contributed by atoms with Crippen LogP contribution < -0.4 is 30.6 Å². The van der Waals surface area contributed by atoms with E-state index >= 15 is 0 Å². The molecule has 0 unspecified atom stereocenters. The van der Waals surface area contributed by atoms with Crippen molar-refractivity contribution >= 4 is 35.8 Å². The average Bonchev–Trinajstić information content (AvgIpc) is 2.64. The molecule has 0 aromatic carbocycles. The maximum atomic E-state index is 9.63. The van der Waals surface area contributed by atoms with Crippen LogP contribution in [-0.4, -0.2) is 103 Å². The number of carboxylic acids is 6. The Morgan fingerprint density at radius 3 is 0.438 bits per heavy atom. The van der Waals surface area contributed by atoms with Crippen LogP contribution in [0, 0.1) is 81.7 Å². The van der Waals surface area contributed by atoms with Crippen LogP contribution in [0.1, 0.15) is 0 Å². The van der Waals surface area contributed by atoms with Crippen LogP contribution in [0.3, 0.4) is 0 Å². The van der Waals surface area contributed by atoms with Gasteiger partial charge in [0.25, 0.3) is 0 Å². The third-order valence-electron chi connectivity index (χ3n) is 2.35. The fourth-order valence-electron chi connectivity index (χ4n) is 0.773. The van der Waals surface area contributed by atoms with Crippen molar-refractivity contribution < 1.29 is 172 Å². The van der Waals surface area contributed by atoms with Gasteiger partial charge in [-0.05, 0) is 0 Å². The van der Waals surface area contributed by atoms with Gasteiger partial charge in [0.05, 0.1) is 35.8 Å². The summed E-state index contributed by atoms with van der Waals surface area (Å²) in [5, 5.41) is 107. The zero-order chi connectivity index (χ0) is 24.9. The minimum Gasteiger partial charge on any atom is -0.547 e. The molecule has 0 bridgehead atoms. The molecule has 0 fully saturated rings. The molecule has 6 N–H and O–H groups in total. The van der Waals surface area contributed by atoms with E-state index in [1.165, 1.54) is 0 Å². The van der Waals surface area contributed by atoms with Gasteiger partial charge in [-0.1, -0.05) is 0 Å². The standard InChI is InChI=1S/3C4H6O6.2Nd/c3*5-1(3(7)8)2(6)4(9)10;;/h3*1-2,5-6H,(H,7,8)(H,9,10);;/q;;;2*+3/p-6/t3*1-,2-;;/m111../s1. The number of aliphatic hydroxyl groups excluding tert-OH is 6. The number of carbonyl (C=O) groups is 6. The summed E-state index contributed by atoms with van der Waals surface area (Å²) in [7, 11) is 0. The summed E-state index contributed by atoms with van der Waals surface area (Å²) >= 11 is 0. The Hall–Kier alpha value is -0.719. The molecule has 0 saturated heterocycles. The van der Waals surface area contributed by atoms with Gasteiger partial charge in [0.1, 0.15) is 36.6 Å². The van der Waals surface area contributed by atoms with Crippen LogP contribution in [-0.2, 0) is 28.8 Å². The fourth-order valence-corrected chi connectivity index (χ4v) is 0.773. The Balaban J connectivity index is -0.000000110.